The Morgan fingerprint density at radius 3 is 2.71 bits per heavy atom. The normalized spacial score (nSPS) is 16.5. The van der Waals surface area contributed by atoms with Gasteiger partial charge in [0.05, 0.1) is 5.35 Å². The maximum atomic E-state index is 11.6. The Balaban J connectivity index is 2.47. The minimum atomic E-state index is -0.791. The van der Waals surface area contributed by atoms with E-state index in [-0.39, 0.29) is 23.0 Å². The molecule has 2 heterocycles. The van der Waals surface area contributed by atoms with Crippen LogP contribution in [0.1, 0.15) is 12.8 Å². The Morgan fingerprint density at radius 2 is 1.90 bits per heavy atom. The molecule has 0 unspecified atom stereocenters. The number of H-pyrrole nitrogens is 1. The predicted molar refractivity (Wildman–Crippen MR) is 71.1 cm³/mol. The van der Waals surface area contributed by atoms with Crippen molar-refractivity contribution in [3.8, 4) is 0 Å². The Morgan fingerprint density at radius 1 is 1.10 bits per heavy atom. The van der Waals surface area contributed by atoms with Gasteiger partial charge >= 0.3 is 11.7 Å². The number of nitrogens with one attached hydrogen (secondary N) is 1. The van der Waals surface area contributed by atoms with Gasteiger partial charge in [0.15, 0.2) is 11.2 Å². The first-order valence-corrected chi connectivity index (χ1v) is 6.04. The summed E-state index contributed by atoms with van der Waals surface area (Å²) in [5.41, 5.74) is -0.102. The van der Waals surface area contributed by atoms with Gasteiger partial charge in [-0.3, -0.25) is 19.4 Å². The van der Waals surface area contributed by atoms with Crippen LogP contribution < -0.4 is 16.5 Å². The second kappa shape index (κ2) is 6.47. The van der Waals surface area contributed by atoms with Crippen molar-refractivity contribution in [2.75, 3.05) is 0 Å². The molecule has 0 radical (unpaired) electrons. The highest BCUT2D eigenvalue weighted by Crippen LogP contribution is 1.96. The number of ketones is 2. The van der Waals surface area contributed by atoms with Crippen LogP contribution >= 0.6 is 0 Å². The zero-order valence-corrected chi connectivity index (χ0v) is 10.8. The number of esters is 1. The number of carbonyl (C=O) groups excluding carboxylic acids is 3. The third-order valence-corrected chi connectivity index (χ3v) is 2.48. The van der Waals surface area contributed by atoms with Gasteiger partial charge in [-0.2, -0.15) is 0 Å². The molecule has 0 saturated heterocycles. The fourth-order valence-electron chi connectivity index (χ4n) is 1.56. The van der Waals surface area contributed by atoms with Crippen molar-refractivity contribution in [2.24, 2.45) is 0 Å². The number of rotatable bonds is 0. The van der Waals surface area contributed by atoms with Crippen LogP contribution in [0.5, 0.6) is 0 Å². The number of ether oxygens (including phenoxy) is 1. The molecule has 0 amide bonds. The van der Waals surface area contributed by atoms with E-state index in [1.54, 1.807) is 0 Å². The summed E-state index contributed by atoms with van der Waals surface area (Å²) in [6.45, 7) is 0. The van der Waals surface area contributed by atoms with E-state index >= 15 is 0 Å². The number of fused-ring (bicyclic) bond motifs is 1. The van der Waals surface area contributed by atoms with Crippen LogP contribution in [0.25, 0.3) is 12.3 Å². The molecule has 7 heteroatoms. The standard InChI is InChI=1S/C14H11NO6/c16-9-4-2-1-3-5-10(17)7-13(18)20-8-12-11(6-9)15-14(19)21-12/h1-4,6,8H,5,7H2,(H,15,19). The number of aromatic amines is 1. The summed E-state index contributed by atoms with van der Waals surface area (Å²) in [4.78, 5) is 47.9. The molecule has 1 aliphatic rings. The van der Waals surface area contributed by atoms with Gasteiger partial charge in [0.2, 0.25) is 0 Å². The molecule has 108 valence electrons. The van der Waals surface area contributed by atoms with Crippen LogP contribution in [0.4, 0.5) is 0 Å². The van der Waals surface area contributed by atoms with Crippen molar-refractivity contribution >= 4 is 29.9 Å². The number of aromatic nitrogens is 1. The van der Waals surface area contributed by atoms with Crippen molar-refractivity contribution in [1.82, 2.24) is 4.98 Å². The molecule has 1 aliphatic heterocycles. The predicted octanol–water partition coefficient (Wildman–Crippen LogP) is -0.926. The van der Waals surface area contributed by atoms with Crippen LogP contribution in [0.15, 0.2) is 33.5 Å². The number of oxazole rings is 1. The van der Waals surface area contributed by atoms with E-state index in [1.165, 1.54) is 24.3 Å². The molecule has 0 saturated carbocycles. The zero-order valence-electron chi connectivity index (χ0n) is 10.8. The Labute approximate surface area is 117 Å². The van der Waals surface area contributed by atoms with Crippen LogP contribution in [-0.4, -0.2) is 22.5 Å². The van der Waals surface area contributed by atoms with Crippen molar-refractivity contribution in [3.63, 3.8) is 0 Å². The molecule has 2 rings (SSSR count). The number of carbonyl (C=O) groups is 3. The largest absolute Gasteiger partial charge is 0.430 e. The summed E-state index contributed by atoms with van der Waals surface area (Å²) >= 11 is 0. The van der Waals surface area contributed by atoms with Crippen LogP contribution in [-0.2, 0) is 19.1 Å². The van der Waals surface area contributed by atoms with Gasteiger partial charge < -0.3 is 9.15 Å². The molecule has 1 aromatic heterocycles. The summed E-state index contributed by atoms with van der Waals surface area (Å²) in [5.74, 6) is -2.30. The lowest BCUT2D eigenvalue weighted by molar-refractivity contribution is -0.139. The van der Waals surface area contributed by atoms with Crippen LogP contribution in [0.2, 0.25) is 0 Å². The van der Waals surface area contributed by atoms with E-state index in [4.69, 9.17) is 9.15 Å². The SMILES string of the molecule is O=C1C=CC=CCC(=O)CC(=O)OC=c2oc(=O)[nH]c2=C1. The second-order valence-electron chi connectivity index (χ2n) is 4.15. The molecule has 1 N–H and O–H groups in total. The van der Waals surface area contributed by atoms with E-state index in [2.05, 4.69) is 4.98 Å². The lowest BCUT2D eigenvalue weighted by Crippen LogP contribution is -2.25. The lowest BCUT2D eigenvalue weighted by atomic mass is 10.2. The smallest absolute Gasteiger partial charge is 0.417 e. The highest BCUT2D eigenvalue weighted by molar-refractivity contribution is 6.13. The van der Waals surface area contributed by atoms with E-state index < -0.39 is 23.9 Å². The average Bonchev–Trinajstić information content (AvgIpc) is 2.75. The third-order valence-electron chi connectivity index (χ3n) is 2.48. The fourth-order valence-corrected chi connectivity index (χ4v) is 1.56. The van der Waals surface area contributed by atoms with Crippen molar-refractivity contribution in [2.45, 2.75) is 12.8 Å². The highest BCUT2D eigenvalue weighted by atomic mass is 16.5. The summed E-state index contributed by atoms with van der Waals surface area (Å²) in [7, 11) is 0. The molecule has 0 atom stereocenters. The summed E-state index contributed by atoms with van der Waals surface area (Å²) in [6.07, 6.45) is 7.44. The minimum absolute atomic E-state index is 0.0574. The lowest BCUT2D eigenvalue weighted by Gasteiger charge is -1.96. The topological polar surface area (TPSA) is 106 Å². The Bertz CT molecular complexity index is 805. The highest BCUT2D eigenvalue weighted by Gasteiger charge is 2.09. The first-order valence-electron chi connectivity index (χ1n) is 6.04. The zero-order chi connectivity index (χ0) is 15.2. The van der Waals surface area contributed by atoms with E-state index in [0.717, 1.165) is 12.3 Å². The average molecular weight is 289 g/mol. The Kier molecular flexibility index (Phi) is 4.45. The number of cyclic esters (lactones) is 1. The maximum Gasteiger partial charge on any atom is 0.417 e. The molecule has 0 fully saturated rings. The Hall–Kier alpha value is -2.96. The maximum absolute atomic E-state index is 11.6. The molecular formula is C14H11NO6. The van der Waals surface area contributed by atoms with Gasteiger partial charge in [0.1, 0.15) is 18.5 Å². The summed E-state index contributed by atoms with van der Waals surface area (Å²) in [5, 5.41) is 0.0785. The summed E-state index contributed by atoms with van der Waals surface area (Å²) in [6, 6.07) is 0. The van der Waals surface area contributed by atoms with E-state index in [9.17, 15) is 19.2 Å². The number of Topliss-reactive ketones (excluding diaryl/α,β-unsaturated/α-hetero) is 1. The van der Waals surface area contributed by atoms with Crippen molar-refractivity contribution in [1.29, 1.82) is 0 Å². The second-order valence-corrected chi connectivity index (χ2v) is 4.15. The number of hydrogen-bond acceptors (Lipinski definition) is 6. The van der Waals surface area contributed by atoms with E-state index in [1.807, 2.05) is 0 Å². The number of allylic oxidation sites excluding steroid dienone is 4. The van der Waals surface area contributed by atoms with Gasteiger partial charge in [-0.25, -0.2) is 4.79 Å². The molecule has 0 aliphatic carbocycles. The van der Waals surface area contributed by atoms with E-state index in [0.29, 0.717) is 0 Å². The van der Waals surface area contributed by atoms with Gasteiger partial charge in [-0.05, 0) is 6.08 Å². The monoisotopic (exact) mass is 289 g/mol. The van der Waals surface area contributed by atoms with Crippen LogP contribution in [0, 0.1) is 0 Å². The first kappa shape index (κ1) is 14.4. The van der Waals surface area contributed by atoms with Gasteiger partial charge in [0.25, 0.3) is 0 Å². The van der Waals surface area contributed by atoms with Crippen molar-refractivity contribution in [3.05, 3.63) is 45.6 Å². The third kappa shape index (κ3) is 4.27. The summed E-state index contributed by atoms with van der Waals surface area (Å²) < 4.78 is 9.46. The molecule has 7 nitrogen and oxygen atoms in total. The molecule has 0 aromatic carbocycles. The van der Waals surface area contributed by atoms with Crippen LogP contribution in [0.3, 0.4) is 0 Å². The molecular weight excluding hydrogens is 278 g/mol. The number of hydrogen-bond donors (Lipinski definition) is 1. The molecule has 0 bridgehead atoms. The quantitative estimate of drug-likeness (QED) is 0.488. The van der Waals surface area contributed by atoms with Gasteiger partial charge in [-0.15, -0.1) is 0 Å². The molecule has 1 aromatic rings. The molecule has 21 heavy (non-hydrogen) atoms. The van der Waals surface area contributed by atoms with Gasteiger partial charge in [0, 0.05) is 12.5 Å². The minimum Gasteiger partial charge on any atom is -0.430 e. The first-order chi connectivity index (χ1) is 10.0. The fraction of sp³-hybridized carbons (Fsp3) is 0.143. The molecule has 0 spiro atoms. The van der Waals surface area contributed by atoms with Crippen molar-refractivity contribution < 1.29 is 23.5 Å². The van der Waals surface area contributed by atoms with Gasteiger partial charge in [-0.1, -0.05) is 18.2 Å².